The molecule has 2 heterocycles. The van der Waals surface area contributed by atoms with E-state index in [9.17, 15) is 14.0 Å². The fourth-order valence-electron chi connectivity index (χ4n) is 5.54. The van der Waals surface area contributed by atoms with Crippen LogP contribution >= 0.6 is 11.3 Å². The maximum absolute atomic E-state index is 14.4. The molecular formula is C37H33FN2O5S. The van der Waals surface area contributed by atoms with Gasteiger partial charge in [0.1, 0.15) is 23.9 Å². The Kier molecular flexibility index (Phi) is 8.85. The summed E-state index contributed by atoms with van der Waals surface area (Å²) in [6, 6.07) is 24.6. The van der Waals surface area contributed by atoms with Crippen molar-refractivity contribution in [3.63, 3.8) is 0 Å². The summed E-state index contributed by atoms with van der Waals surface area (Å²) in [6.45, 7) is 7.76. The minimum absolute atomic E-state index is 0.0192. The van der Waals surface area contributed by atoms with Gasteiger partial charge in [-0.2, -0.15) is 0 Å². The molecule has 46 heavy (non-hydrogen) atoms. The number of esters is 1. The van der Waals surface area contributed by atoms with Gasteiger partial charge in [0, 0.05) is 11.1 Å². The number of hydrogen-bond donors (Lipinski definition) is 0. The van der Waals surface area contributed by atoms with E-state index in [0.29, 0.717) is 49.8 Å². The van der Waals surface area contributed by atoms with Crippen LogP contribution in [0.25, 0.3) is 16.8 Å². The fourth-order valence-corrected chi connectivity index (χ4v) is 6.57. The second-order valence-electron chi connectivity index (χ2n) is 11.1. The van der Waals surface area contributed by atoms with E-state index in [-0.39, 0.29) is 24.1 Å². The average Bonchev–Trinajstić information content (AvgIpc) is 3.34. The first kappa shape index (κ1) is 31.0. The highest BCUT2D eigenvalue weighted by Gasteiger charge is 2.34. The van der Waals surface area contributed by atoms with Crippen molar-refractivity contribution in [3.05, 3.63) is 138 Å². The number of carbonyl (C=O) groups is 1. The van der Waals surface area contributed by atoms with Gasteiger partial charge in [-0.25, -0.2) is 14.2 Å². The highest BCUT2D eigenvalue weighted by atomic mass is 32.1. The van der Waals surface area contributed by atoms with E-state index in [0.717, 1.165) is 16.3 Å². The van der Waals surface area contributed by atoms with Crippen LogP contribution in [0, 0.1) is 5.82 Å². The van der Waals surface area contributed by atoms with Gasteiger partial charge in [0.05, 0.1) is 34.6 Å². The van der Waals surface area contributed by atoms with Crippen molar-refractivity contribution in [2.24, 2.45) is 4.99 Å². The lowest BCUT2D eigenvalue weighted by Crippen LogP contribution is -2.40. The molecular weight excluding hydrogens is 603 g/mol. The van der Waals surface area contributed by atoms with E-state index in [1.807, 2.05) is 67.6 Å². The lowest BCUT2D eigenvalue weighted by Gasteiger charge is -2.25. The number of benzene rings is 4. The third-order valence-electron chi connectivity index (χ3n) is 7.64. The van der Waals surface area contributed by atoms with Gasteiger partial charge in [-0.1, -0.05) is 72.0 Å². The second kappa shape index (κ2) is 13.1. The number of allylic oxidation sites excluding steroid dienone is 1. The van der Waals surface area contributed by atoms with Gasteiger partial charge >= 0.3 is 5.97 Å². The Morgan fingerprint density at radius 3 is 2.48 bits per heavy atom. The Hall–Kier alpha value is -5.02. The standard InChI is InChI=1S/C37H33FN2O5S/c1-5-43-27-17-14-25(15-18-27)34-33(36(42)45-22(2)3)23(4)39-37-40(34)35(41)32(46-37)20-29-28-12-8-6-10-24(28)16-19-31(29)44-21-26-11-7-9-13-30(26)38/h6-20,22,34H,5,21H2,1-4H3/b32-20+/t34-/m0/s1. The maximum Gasteiger partial charge on any atom is 0.338 e. The van der Waals surface area contributed by atoms with E-state index in [1.54, 1.807) is 49.6 Å². The summed E-state index contributed by atoms with van der Waals surface area (Å²) < 4.78 is 33.8. The van der Waals surface area contributed by atoms with Crippen LogP contribution in [0.5, 0.6) is 11.5 Å². The molecule has 0 saturated heterocycles. The highest BCUT2D eigenvalue weighted by molar-refractivity contribution is 7.07. The van der Waals surface area contributed by atoms with Crippen LogP contribution in [0.2, 0.25) is 0 Å². The number of aromatic nitrogens is 1. The number of rotatable bonds is 9. The summed E-state index contributed by atoms with van der Waals surface area (Å²) in [7, 11) is 0. The molecule has 9 heteroatoms. The van der Waals surface area contributed by atoms with E-state index in [2.05, 4.69) is 0 Å². The molecule has 0 amide bonds. The minimum Gasteiger partial charge on any atom is -0.494 e. The van der Waals surface area contributed by atoms with Crippen molar-refractivity contribution in [1.82, 2.24) is 4.57 Å². The lowest BCUT2D eigenvalue weighted by atomic mass is 9.95. The first-order chi connectivity index (χ1) is 22.2. The van der Waals surface area contributed by atoms with Crippen LogP contribution in [0.1, 0.15) is 50.4 Å². The van der Waals surface area contributed by atoms with Gasteiger partial charge in [0.25, 0.3) is 5.56 Å². The fraction of sp³-hybridized carbons (Fsp3) is 0.216. The molecule has 0 aliphatic carbocycles. The Morgan fingerprint density at radius 2 is 1.74 bits per heavy atom. The number of fused-ring (bicyclic) bond motifs is 2. The Labute approximate surface area is 269 Å². The largest absolute Gasteiger partial charge is 0.494 e. The van der Waals surface area contributed by atoms with Crippen molar-refractivity contribution in [2.45, 2.75) is 46.4 Å². The van der Waals surface area contributed by atoms with Gasteiger partial charge in [-0.3, -0.25) is 9.36 Å². The van der Waals surface area contributed by atoms with Crippen molar-refractivity contribution in [1.29, 1.82) is 0 Å². The maximum atomic E-state index is 14.4. The first-order valence-corrected chi connectivity index (χ1v) is 15.9. The molecule has 5 aromatic rings. The highest BCUT2D eigenvalue weighted by Crippen LogP contribution is 2.33. The molecule has 234 valence electrons. The molecule has 1 aliphatic rings. The molecule has 0 saturated carbocycles. The quantitative estimate of drug-likeness (QED) is 0.174. The first-order valence-electron chi connectivity index (χ1n) is 15.1. The molecule has 0 spiro atoms. The number of thiazole rings is 1. The van der Waals surface area contributed by atoms with Crippen molar-refractivity contribution in [3.8, 4) is 11.5 Å². The zero-order valence-electron chi connectivity index (χ0n) is 26.0. The minimum atomic E-state index is -0.760. The third kappa shape index (κ3) is 6.10. The van der Waals surface area contributed by atoms with E-state index < -0.39 is 12.0 Å². The molecule has 0 fully saturated rings. The smallest absolute Gasteiger partial charge is 0.338 e. The number of ether oxygens (including phenoxy) is 3. The van der Waals surface area contributed by atoms with Crippen LogP contribution < -0.4 is 24.4 Å². The predicted molar refractivity (Wildman–Crippen MR) is 177 cm³/mol. The van der Waals surface area contributed by atoms with Crippen molar-refractivity contribution in [2.75, 3.05) is 6.61 Å². The molecule has 1 aliphatic heterocycles. The molecule has 6 rings (SSSR count). The summed E-state index contributed by atoms with van der Waals surface area (Å²) >= 11 is 1.23. The second-order valence-corrected chi connectivity index (χ2v) is 12.1. The Bertz CT molecular complexity index is 2150. The number of carbonyl (C=O) groups excluding carboxylic acids is 1. The topological polar surface area (TPSA) is 79.1 Å². The van der Waals surface area contributed by atoms with Gasteiger partial charge in [0.2, 0.25) is 0 Å². The van der Waals surface area contributed by atoms with Crippen LogP contribution in [0.4, 0.5) is 4.39 Å². The summed E-state index contributed by atoms with van der Waals surface area (Å²) in [5.74, 6) is 0.315. The van der Waals surface area contributed by atoms with E-state index in [4.69, 9.17) is 19.2 Å². The van der Waals surface area contributed by atoms with Gasteiger partial charge in [-0.15, -0.1) is 0 Å². The zero-order chi connectivity index (χ0) is 32.4. The molecule has 0 unspecified atom stereocenters. The predicted octanol–water partition coefficient (Wildman–Crippen LogP) is 6.46. The SMILES string of the molecule is CCOc1ccc([C@H]2C(C(=O)OC(C)C)=C(C)N=c3s/c(=C/c4c(OCc5ccccc5F)ccc5ccccc45)c(=O)n32)cc1. The molecule has 4 aromatic carbocycles. The zero-order valence-corrected chi connectivity index (χ0v) is 26.8. The Morgan fingerprint density at radius 1 is 1.00 bits per heavy atom. The van der Waals surface area contributed by atoms with Crippen LogP contribution in [0.15, 0.2) is 106 Å². The normalized spacial score (nSPS) is 14.7. The Balaban J connectivity index is 1.51. The van der Waals surface area contributed by atoms with Crippen LogP contribution in [-0.4, -0.2) is 23.2 Å². The van der Waals surface area contributed by atoms with Gasteiger partial charge < -0.3 is 14.2 Å². The van der Waals surface area contributed by atoms with Gasteiger partial charge in [0.15, 0.2) is 4.80 Å². The summed E-state index contributed by atoms with van der Waals surface area (Å²) in [5, 5.41) is 1.83. The molecule has 1 aromatic heterocycles. The van der Waals surface area contributed by atoms with Crippen LogP contribution in [-0.2, 0) is 16.1 Å². The molecule has 0 bridgehead atoms. The van der Waals surface area contributed by atoms with Crippen LogP contribution in [0.3, 0.4) is 0 Å². The van der Waals surface area contributed by atoms with Crippen molar-refractivity contribution < 1.29 is 23.4 Å². The van der Waals surface area contributed by atoms with E-state index in [1.165, 1.54) is 17.4 Å². The summed E-state index contributed by atoms with van der Waals surface area (Å²) in [6.07, 6.45) is 1.44. The van der Waals surface area contributed by atoms with Gasteiger partial charge in [-0.05, 0) is 74.4 Å². The summed E-state index contributed by atoms with van der Waals surface area (Å²) in [5.41, 5.74) is 2.31. The molecule has 1 atom stereocenters. The average molecular weight is 637 g/mol. The molecule has 0 N–H and O–H groups in total. The van der Waals surface area contributed by atoms with Crippen molar-refractivity contribution >= 4 is 34.2 Å². The summed E-state index contributed by atoms with van der Waals surface area (Å²) in [4.78, 5) is 33.0. The number of hydrogen-bond acceptors (Lipinski definition) is 7. The monoisotopic (exact) mass is 636 g/mol. The third-order valence-corrected chi connectivity index (χ3v) is 8.62. The van der Waals surface area contributed by atoms with E-state index >= 15 is 0 Å². The number of nitrogens with zero attached hydrogens (tertiary/aromatic N) is 2. The number of halogens is 1. The molecule has 0 radical (unpaired) electrons. The lowest BCUT2D eigenvalue weighted by molar-refractivity contribution is -0.143. The molecule has 7 nitrogen and oxygen atoms in total.